The van der Waals surface area contributed by atoms with E-state index in [1.54, 1.807) is 30.3 Å². The van der Waals surface area contributed by atoms with Gasteiger partial charge in [0, 0.05) is 41.7 Å². The SMILES string of the molecule is O=C(c1ccc(O)cc1O)C1C(c2ccc(O)cc2)OC(c2ccc(O)cc2O)C1Cc1ccc(O)cc1-c1c(O)cc2c(c1O)CC(O)C(c1ccc(O)cc1)O2. The van der Waals surface area contributed by atoms with Gasteiger partial charge in [0.25, 0.3) is 0 Å². The van der Waals surface area contributed by atoms with E-state index < -0.39 is 59.3 Å². The van der Waals surface area contributed by atoms with Crippen LogP contribution in [0.3, 0.4) is 0 Å². The first-order chi connectivity index (χ1) is 27.8. The maximum Gasteiger partial charge on any atom is 0.173 e. The molecular weight excluding hydrogens is 748 g/mol. The topological polar surface area (TPSA) is 238 Å². The van der Waals surface area contributed by atoms with E-state index in [1.807, 2.05) is 0 Å². The molecule has 0 amide bonds. The molecule has 0 aromatic heterocycles. The summed E-state index contributed by atoms with van der Waals surface area (Å²) in [6.45, 7) is 0. The van der Waals surface area contributed by atoms with Crippen LogP contribution in [0.2, 0.25) is 0 Å². The Balaban J connectivity index is 1.26. The number of aliphatic hydroxyl groups excluding tert-OH is 1. The number of phenols is 9. The number of benzene rings is 6. The predicted octanol–water partition coefficient (Wildman–Crippen LogP) is 6.91. The largest absolute Gasteiger partial charge is 0.508 e. The number of phenolic OH excluding ortho intramolecular Hbond substituents is 9. The standard InChI is InChI=1S/C45H38O13/c46-24-6-1-21(2-7-24)43-37(54)19-32-38(57-43)20-36(53)39(42(32)56)31-16-26(48)10-5-23(31)15-33-40(41(55)29-13-11-27(49)17-34(29)51)44(22-3-8-25(47)9-4-22)58-45(33)30-14-12-28(50)18-35(30)52/h1-14,16-18,20,33,37,40,43-54,56H,15,19H2. The summed E-state index contributed by atoms with van der Waals surface area (Å²) >= 11 is 0. The van der Waals surface area contributed by atoms with Gasteiger partial charge >= 0.3 is 0 Å². The number of Topliss-reactive ketones (excluding diaryl/α,β-unsaturated/α-hetero) is 1. The van der Waals surface area contributed by atoms with Gasteiger partial charge in [0.2, 0.25) is 0 Å². The summed E-state index contributed by atoms with van der Waals surface area (Å²) in [5.41, 5.74) is 1.76. The average Bonchev–Trinajstić information content (AvgIpc) is 3.55. The Kier molecular flexibility index (Phi) is 9.63. The second-order valence-electron chi connectivity index (χ2n) is 14.6. The molecule has 8 rings (SSSR count). The first-order valence-electron chi connectivity index (χ1n) is 18.3. The maximum absolute atomic E-state index is 14.8. The fourth-order valence-electron chi connectivity index (χ4n) is 8.21. The Labute approximate surface area is 330 Å². The van der Waals surface area contributed by atoms with E-state index in [2.05, 4.69) is 0 Å². The highest BCUT2D eigenvalue weighted by atomic mass is 16.5. The molecule has 0 radical (unpaired) electrons. The summed E-state index contributed by atoms with van der Waals surface area (Å²) in [7, 11) is 0. The van der Waals surface area contributed by atoms with Crippen molar-refractivity contribution in [2.75, 3.05) is 0 Å². The van der Waals surface area contributed by atoms with Gasteiger partial charge in [0.05, 0.1) is 35.4 Å². The van der Waals surface area contributed by atoms with Gasteiger partial charge < -0.3 is 60.5 Å². The van der Waals surface area contributed by atoms with Crippen LogP contribution in [0, 0.1) is 11.8 Å². The van der Waals surface area contributed by atoms with Gasteiger partial charge in [0.1, 0.15) is 63.6 Å². The number of fused-ring (bicyclic) bond motifs is 1. The summed E-state index contributed by atoms with van der Waals surface area (Å²) < 4.78 is 12.8. The van der Waals surface area contributed by atoms with Crippen molar-refractivity contribution >= 4 is 5.78 Å². The zero-order valence-corrected chi connectivity index (χ0v) is 30.5. The van der Waals surface area contributed by atoms with E-state index in [9.17, 15) is 55.9 Å². The molecule has 296 valence electrons. The highest BCUT2D eigenvalue weighted by Crippen LogP contribution is 2.56. The van der Waals surface area contributed by atoms with Gasteiger partial charge in [-0.25, -0.2) is 0 Å². The monoisotopic (exact) mass is 786 g/mol. The van der Waals surface area contributed by atoms with Crippen molar-refractivity contribution in [1.82, 2.24) is 0 Å². The van der Waals surface area contributed by atoms with Gasteiger partial charge in [-0.3, -0.25) is 4.79 Å². The number of aromatic hydroxyl groups is 9. The lowest BCUT2D eigenvalue weighted by molar-refractivity contribution is 0.0198. The molecular formula is C45H38O13. The fraction of sp³-hybridized carbons (Fsp3) is 0.178. The van der Waals surface area contributed by atoms with Crippen molar-refractivity contribution in [3.05, 3.63) is 143 Å². The highest BCUT2D eigenvalue weighted by molar-refractivity contribution is 6.01. The molecule has 58 heavy (non-hydrogen) atoms. The minimum Gasteiger partial charge on any atom is -0.508 e. The lowest BCUT2D eigenvalue weighted by Crippen LogP contribution is -2.30. The molecule has 10 N–H and O–H groups in total. The van der Waals surface area contributed by atoms with E-state index in [0.717, 1.165) is 12.1 Å². The fourth-order valence-corrected chi connectivity index (χ4v) is 8.21. The molecule has 1 saturated heterocycles. The number of hydrogen-bond donors (Lipinski definition) is 10. The van der Waals surface area contributed by atoms with E-state index >= 15 is 0 Å². The molecule has 2 heterocycles. The van der Waals surface area contributed by atoms with Crippen molar-refractivity contribution < 1.29 is 65.3 Å². The lowest BCUT2D eigenvalue weighted by Gasteiger charge is -2.32. The van der Waals surface area contributed by atoms with Crippen LogP contribution >= 0.6 is 0 Å². The van der Waals surface area contributed by atoms with Gasteiger partial charge in [-0.1, -0.05) is 30.3 Å². The summed E-state index contributed by atoms with van der Waals surface area (Å²) in [6, 6.07) is 25.1. The number of hydrogen-bond acceptors (Lipinski definition) is 13. The summed E-state index contributed by atoms with van der Waals surface area (Å²) in [5, 5.41) is 107. The van der Waals surface area contributed by atoms with Crippen LogP contribution in [0.5, 0.6) is 57.5 Å². The van der Waals surface area contributed by atoms with E-state index in [4.69, 9.17) is 9.47 Å². The van der Waals surface area contributed by atoms with Gasteiger partial charge in [-0.05, 0) is 89.3 Å². The summed E-state index contributed by atoms with van der Waals surface area (Å²) in [6.07, 6.45) is -4.29. The molecule has 6 aromatic carbocycles. The Morgan fingerprint density at radius 3 is 1.79 bits per heavy atom. The smallest absolute Gasteiger partial charge is 0.173 e. The summed E-state index contributed by atoms with van der Waals surface area (Å²) in [5.74, 6) is -4.95. The predicted molar refractivity (Wildman–Crippen MR) is 207 cm³/mol. The van der Waals surface area contributed by atoms with E-state index in [1.165, 1.54) is 66.7 Å². The van der Waals surface area contributed by atoms with Crippen LogP contribution in [0.15, 0.2) is 109 Å². The molecule has 0 saturated carbocycles. The first kappa shape index (κ1) is 37.8. The Morgan fingerprint density at radius 2 is 1.16 bits per heavy atom. The molecule has 6 aromatic rings. The Hall–Kier alpha value is -7.09. The molecule has 0 spiro atoms. The highest BCUT2D eigenvalue weighted by Gasteiger charge is 2.50. The third-order valence-electron chi connectivity index (χ3n) is 11.0. The van der Waals surface area contributed by atoms with Crippen LogP contribution < -0.4 is 4.74 Å². The van der Waals surface area contributed by atoms with Crippen LogP contribution in [0.4, 0.5) is 0 Å². The number of carbonyl (C=O) groups is 1. The van der Waals surface area contributed by atoms with Crippen LogP contribution in [0.25, 0.3) is 11.1 Å². The van der Waals surface area contributed by atoms with Crippen molar-refractivity contribution in [3.63, 3.8) is 0 Å². The minimum atomic E-state index is -1.14. The first-order valence-corrected chi connectivity index (χ1v) is 18.3. The second kappa shape index (κ2) is 14.8. The van der Waals surface area contributed by atoms with Crippen molar-refractivity contribution in [2.45, 2.75) is 37.3 Å². The third-order valence-corrected chi connectivity index (χ3v) is 11.0. The average molecular weight is 787 g/mol. The van der Waals surface area contributed by atoms with Crippen LogP contribution in [0.1, 0.15) is 56.5 Å². The molecule has 6 unspecified atom stereocenters. The van der Waals surface area contributed by atoms with E-state index in [0.29, 0.717) is 16.7 Å². The summed E-state index contributed by atoms with van der Waals surface area (Å²) in [4.78, 5) is 14.8. The number of rotatable bonds is 8. The van der Waals surface area contributed by atoms with Crippen molar-refractivity contribution in [3.8, 4) is 68.6 Å². The third kappa shape index (κ3) is 6.86. The van der Waals surface area contributed by atoms with Gasteiger partial charge in [0.15, 0.2) is 5.78 Å². The number of aliphatic hydroxyl groups is 1. The van der Waals surface area contributed by atoms with Crippen LogP contribution in [-0.4, -0.2) is 63.0 Å². The molecule has 13 nitrogen and oxygen atoms in total. The zero-order valence-electron chi connectivity index (χ0n) is 30.5. The molecule has 0 aliphatic carbocycles. The number of ether oxygens (including phenoxy) is 2. The van der Waals surface area contributed by atoms with Crippen molar-refractivity contribution in [1.29, 1.82) is 0 Å². The van der Waals surface area contributed by atoms with Crippen LogP contribution in [-0.2, 0) is 17.6 Å². The lowest BCUT2D eigenvalue weighted by atomic mass is 9.74. The van der Waals surface area contributed by atoms with Gasteiger partial charge in [-0.15, -0.1) is 0 Å². The van der Waals surface area contributed by atoms with Crippen molar-refractivity contribution in [2.24, 2.45) is 11.8 Å². The number of carbonyl (C=O) groups excluding carboxylic acids is 1. The minimum absolute atomic E-state index is 0.0247. The molecule has 6 atom stereocenters. The molecule has 2 aliphatic rings. The molecule has 2 aliphatic heterocycles. The number of ketones is 1. The van der Waals surface area contributed by atoms with E-state index in [-0.39, 0.29) is 80.9 Å². The molecule has 0 bridgehead atoms. The molecule has 1 fully saturated rings. The Bertz CT molecular complexity index is 2530. The van der Waals surface area contributed by atoms with Gasteiger partial charge in [-0.2, -0.15) is 0 Å². The quantitative estimate of drug-likeness (QED) is 0.0707. The molecule has 13 heteroatoms. The second-order valence-corrected chi connectivity index (χ2v) is 14.6. The Morgan fingerprint density at radius 1 is 0.586 bits per heavy atom. The maximum atomic E-state index is 14.8. The zero-order chi connectivity index (χ0) is 41.0. The normalized spacial score (nSPS) is 21.3.